The molecule has 1 N–H and O–H groups in total. The van der Waals surface area contributed by atoms with Crippen molar-refractivity contribution in [3.8, 4) is 0 Å². The van der Waals surface area contributed by atoms with E-state index in [1.54, 1.807) is 0 Å². The molecule has 0 spiro atoms. The molecule has 1 saturated heterocycles. The number of likely N-dealkylation sites (tertiary alicyclic amines) is 1. The van der Waals surface area contributed by atoms with Crippen molar-refractivity contribution < 1.29 is 9.90 Å². The van der Waals surface area contributed by atoms with E-state index in [0.717, 1.165) is 32.4 Å². The van der Waals surface area contributed by atoms with Crippen molar-refractivity contribution in [3.63, 3.8) is 0 Å². The molecule has 1 atom stereocenters. The molecule has 4 nitrogen and oxygen atoms in total. The smallest absolute Gasteiger partial charge is 0.224 e. The van der Waals surface area contributed by atoms with E-state index in [2.05, 4.69) is 0 Å². The van der Waals surface area contributed by atoms with Gasteiger partial charge in [-0.3, -0.25) is 4.79 Å². The molecule has 88 valence electrons. The van der Waals surface area contributed by atoms with Gasteiger partial charge in [0.1, 0.15) is 0 Å². The molecule has 0 saturated carbocycles. The second kappa shape index (κ2) is 6.08. The van der Waals surface area contributed by atoms with Crippen molar-refractivity contribution in [1.29, 1.82) is 0 Å². The Morgan fingerprint density at radius 1 is 1.47 bits per heavy atom. The maximum absolute atomic E-state index is 11.9. The highest BCUT2D eigenvalue weighted by molar-refractivity contribution is 5.76. The third kappa shape index (κ3) is 3.80. The quantitative estimate of drug-likeness (QED) is 0.732. The number of amides is 1. The van der Waals surface area contributed by atoms with Crippen LogP contribution in [0.1, 0.15) is 25.7 Å². The molecule has 1 unspecified atom stereocenters. The molecule has 15 heavy (non-hydrogen) atoms. The lowest BCUT2D eigenvalue weighted by molar-refractivity contribution is -0.136. The minimum Gasteiger partial charge on any atom is -0.394 e. The summed E-state index contributed by atoms with van der Waals surface area (Å²) in [5.74, 6) is 0.183. The van der Waals surface area contributed by atoms with Crippen LogP contribution in [0.25, 0.3) is 0 Å². The van der Waals surface area contributed by atoms with E-state index < -0.39 is 0 Å². The fraction of sp³-hybridized carbons (Fsp3) is 0.909. The number of piperidine rings is 1. The first-order valence-electron chi connectivity index (χ1n) is 5.70. The second-order valence-corrected chi connectivity index (χ2v) is 4.47. The van der Waals surface area contributed by atoms with Gasteiger partial charge in [-0.2, -0.15) is 0 Å². The zero-order chi connectivity index (χ0) is 11.3. The highest BCUT2D eigenvalue weighted by Gasteiger charge is 2.25. The molecule has 0 aromatic heterocycles. The first-order chi connectivity index (χ1) is 7.15. The predicted molar refractivity (Wildman–Crippen MR) is 59.6 cm³/mol. The molecule has 0 aromatic carbocycles. The van der Waals surface area contributed by atoms with Gasteiger partial charge in [-0.1, -0.05) is 0 Å². The molecule has 1 rings (SSSR count). The van der Waals surface area contributed by atoms with Crippen LogP contribution in [0.15, 0.2) is 0 Å². The number of carbonyl (C=O) groups is 1. The third-order valence-corrected chi connectivity index (χ3v) is 2.93. The van der Waals surface area contributed by atoms with E-state index >= 15 is 0 Å². The van der Waals surface area contributed by atoms with Crippen molar-refractivity contribution in [1.82, 2.24) is 9.80 Å². The Morgan fingerprint density at radius 2 is 2.20 bits per heavy atom. The van der Waals surface area contributed by atoms with Crippen LogP contribution in [0, 0.1) is 0 Å². The average molecular weight is 214 g/mol. The highest BCUT2D eigenvalue weighted by atomic mass is 16.3. The van der Waals surface area contributed by atoms with Crippen LogP contribution in [-0.4, -0.2) is 60.6 Å². The largest absolute Gasteiger partial charge is 0.394 e. The Morgan fingerprint density at radius 3 is 2.80 bits per heavy atom. The van der Waals surface area contributed by atoms with Crippen LogP contribution in [0.2, 0.25) is 0 Å². The van der Waals surface area contributed by atoms with E-state index in [-0.39, 0.29) is 18.6 Å². The summed E-state index contributed by atoms with van der Waals surface area (Å²) in [5, 5.41) is 9.18. The summed E-state index contributed by atoms with van der Waals surface area (Å²) in [5.41, 5.74) is 0. The molecule has 0 bridgehead atoms. The van der Waals surface area contributed by atoms with Crippen molar-refractivity contribution in [2.24, 2.45) is 0 Å². The van der Waals surface area contributed by atoms with Crippen LogP contribution in [0.3, 0.4) is 0 Å². The lowest BCUT2D eigenvalue weighted by Gasteiger charge is -2.35. The number of hydrogen-bond acceptors (Lipinski definition) is 3. The SMILES string of the molecule is CN(C)CCC(=O)N1CCCCC1CO. The van der Waals surface area contributed by atoms with Gasteiger partial charge in [0.15, 0.2) is 0 Å². The van der Waals surface area contributed by atoms with Crippen LogP contribution in [-0.2, 0) is 4.79 Å². The van der Waals surface area contributed by atoms with Gasteiger partial charge in [0, 0.05) is 19.5 Å². The summed E-state index contributed by atoms with van der Waals surface area (Å²) in [6.45, 7) is 1.71. The first-order valence-corrected chi connectivity index (χ1v) is 5.70. The minimum absolute atomic E-state index is 0.0633. The van der Waals surface area contributed by atoms with Crippen LogP contribution < -0.4 is 0 Å². The molecule has 1 aliphatic heterocycles. The van der Waals surface area contributed by atoms with E-state index in [1.165, 1.54) is 0 Å². The van der Waals surface area contributed by atoms with Gasteiger partial charge in [0.05, 0.1) is 12.6 Å². The number of aliphatic hydroxyl groups excluding tert-OH is 1. The molecule has 0 aliphatic carbocycles. The Balaban J connectivity index is 2.41. The van der Waals surface area contributed by atoms with Gasteiger partial charge in [-0.05, 0) is 33.4 Å². The average Bonchev–Trinajstić information content (AvgIpc) is 2.25. The Bertz CT molecular complexity index is 207. The first kappa shape index (κ1) is 12.5. The van der Waals surface area contributed by atoms with Crippen molar-refractivity contribution in [2.45, 2.75) is 31.7 Å². The predicted octanol–water partition coefficient (Wildman–Crippen LogP) is 0.311. The molecule has 1 heterocycles. The van der Waals surface area contributed by atoms with Gasteiger partial charge in [0.2, 0.25) is 5.91 Å². The lowest BCUT2D eigenvalue weighted by atomic mass is 10.0. The van der Waals surface area contributed by atoms with Crippen LogP contribution in [0.5, 0.6) is 0 Å². The molecule has 1 fully saturated rings. The number of rotatable bonds is 4. The molecule has 0 aromatic rings. The van der Waals surface area contributed by atoms with E-state index in [9.17, 15) is 9.90 Å². The topological polar surface area (TPSA) is 43.8 Å². The van der Waals surface area contributed by atoms with Crippen molar-refractivity contribution in [2.75, 3.05) is 33.8 Å². The minimum atomic E-state index is 0.0633. The van der Waals surface area contributed by atoms with E-state index in [0.29, 0.717) is 6.42 Å². The van der Waals surface area contributed by atoms with Gasteiger partial charge < -0.3 is 14.9 Å². The summed E-state index contributed by atoms with van der Waals surface area (Å²) in [6, 6.07) is 0.0633. The third-order valence-electron chi connectivity index (χ3n) is 2.93. The molecule has 0 radical (unpaired) electrons. The number of nitrogens with zero attached hydrogens (tertiary/aromatic N) is 2. The standard InChI is InChI=1S/C11H22N2O2/c1-12(2)8-6-11(15)13-7-4-3-5-10(13)9-14/h10,14H,3-9H2,1-2H3. The molecular weight excluding hydrogens is 192 g/mol. The van der Waals surface area contributed by atoms with Gasteiger partial charge >= 0.3 is 0 Å². The number of aliphatic hydroxyl groups is 1. The van der Waals surface area contributed by atoms with Gasteiger partial charge in [-0.15, -0.1) is 0 Å². The highest BCUT2D eigenvalue weighted by Crippen LogP contribution is 2.17. The zero-order valence-electron chi connectivity index (χ0n) is 9.78. The Hall–Kier alpha value is -0.610. The molecule has 4 heteroatoms. The van der Waals surface area contributed by atoms with Gasteiger partial charge in [-0.25, -0.2) is 0 Å². The Labute approximate surface area is 91.9 Å². The van der Waals surface area contributed by atoms with Crippen molar-refractivity contribution >= 4 is 5.91 Å². The molecule has 1 aliphatic rings. The summed E-state index contributed by atoms with van der Waals surface area (Å²) in [6.07, 6.45) is 3.71. The maximum atomic E-state index is 11.9. The molecular formula is C11H22N2O2. The second-order valence-electron chi connectivity index (χ2n) is 4.47. The van der Waals surface area contributed by atoms with Gasteiger partial charge in [0.25, 0.3) is 0 Å². The van der Waals surface area contributed by atoms with E-state index in [1.807, 2.05) is 23.9 Å². The fourth-order valence-electron chi connectivity index (χ4n) is 1.98. The normalized spacial score (nSPS) is 22.1. The maximum Gasteiger partial charge on any atom is 0.224 e. The fourth-order valence-corrected chi connectivity index (χ4v) is 1.98. The zero-order valence-corrected chi connectivity index (χ0v) is 9.78. The number of hydrogen-bond donors (Lipinski definition) is 1. The number of carbonyl (C=O) groups excluding carboxylic acids is 1. The van der Waals surface area contributed by atoms with E-state index in [4.69, 9.17) is 0 Å². The molecule has 1 amide bonds. The summed E-state index contributed by atoms with van der Waals surface area (Å²) >= 11 is 0. The summed E-state index contributed by atoms with van der Waals surface area (Å²) in [7, 11) is 3.93. The van der Waals surface area contributed by atoms with Crippen LogP contribution >= 0.6 is 0 Å². The summed E-state index contributed by atoms with van der Waals surface area (Å²) in [4.78, 5) is 15.7. The Kier molecular flexibility index (Phi) is 5.05. The monoisotopic (exact) mass is 214 g/mol. The lowest BCUT2D eigenvalue weighted by Crippen LogP contribution is -2.46. The van der Waals surface area contributed by atoms with Crippen molar-refractivity contribution in [3.05, 3.63) is 0 Å². The van der Waals surface area contributed by atoms with Crippen LogP contribution in [0.4, 0.5) is 0 Å². The summed E-state index contributed by atoms with van der Waals surface area (Å²) < 4.78 is 0.